The van der Waals surface area contributed by atoms with Crippen LogP contribution in [0.2, 0.25) is 0 Å². The smallest absolute Gasteiger partial charge is 0.0587 e. The van der Waals surface area contributed by atoms with Crippen molar-refractivity contribution in [3.8, 4) is 0 Å². The minimum atomic E-state index is 0.269. The second-order valence-corrected chi connectivity index (χ2v) is 3.96. The fourth-order valence-corrected chi connectivity index (χ4v) is 1.91. The second kappa shape index (κ2) is 4.21. The Hall–Kier alpha value is -0.120. The van der Waals surface area contributed by atoms with Crippen LogP contribution in [0.25, 0.3) is 0 Å². The summed E-state index contributed by atoms with van der Waals surface area (Å²) >= 11 is 0. The molecule has 2 atom stereocenters. The molecule has 0 aliphatic carbocycles. The lowest BCUT2D eigenvalue weighted by molar-refractivity contribution is 0.0569. The third-order valence-electron chi connectivity index (χ3n) is 2.66. The number of likely N-dealkylation sites (tertiary alicyclic amines) is 1. The number of nitrogens with zero attached hydrogens (tertiary/aromatic N) is 1. The maximum atomic E-state index is 9.11. The Morgan fingerprint density at radius 2 is 2.17 bits per heavy atom. The number of nitrogens with two attached hydrogens (primary N) is 1. The van der Waals surface area contributed by atoms with Crippen molar-refractivity contribution in [3.63, 3.8) is 0 Å². The van der Waals surface area contributed by atoms with Crippen LogP contribution in [0.4, 0.5) is 0 Å². The predicted molar refractivity (Wildman–Crippen MR) is 49.9 cm³/mol. The first-order valence-electron chi connectivity index (χ1n) is 4.77. The number of piperidine rings is 1. The molecule has 3 N–H and O–H groups in total. The van der Waals surface area contributed by atoms with Crippen molar-refractivity contribution in [1.82, 2.24) is 4.90 Å². The van der Waals surface area contributed by atoms with Gasteiger partial charge in [-0.25, -0.2) is 0 Å². The van der Waals surface area contributed by atoms with E-state index in [1.165, 1.54) is 0 Å². The highest BCUT2D eigenvalue weighted by Crippen LogP contribution is 2.18. The Balaban J connectivity index is 2.52. The van der Waals surface area contributed by atoms with E-state index in [1.807, 2.05) is 0 Å². The fraction of sp³-hybridized carbons (Fsp3) is 1.00. The van der Waals surface area contributed by atoms with Crippen LogP contribution < -0.4 is 5.73 Å². The third kappa shape index (κ3) is 2.19. The molecule has 12 heavy (non-hydrogen) atoms. The van der Waals surface area contributed by atoms with Gasteiger partial charge in [0.2, 0.25) is 0 Å². The molecule has 72 valence electrons. The molecule has 1 aliphatic rings. The van der Waals surface area contributed by atoms with Crippen molar-refractivity contribution in [1.29, 1.82) is 0 Å². The molecule has 0 amide bonds. The van der Waals surface area contributed by atoms with E-state index in [9.17, 15) is 0 Å². The molecule has 0 spiro atoms. The predicted octanol–water partition coefficient (Wildman–Crippen LogP) is 0.179. The van der Waals surface area contributed by atoms with Crippen molar-refractivity contribution >= 4 is 0 Å². The summed E-state index contributed by atoms with van der Waals surface area (Å²) in [7, 11) is 0. The Kier molecular flexibility index (Phi) is 3.50. The van der Waals surface area contributed by atoms with Crippen molar-refractivity contribution < 1.29 is 5.11 Å². The van der Waals surface area contributed by atoms with Gasteiger partial charge in [-0.05, 0) is 26.7 Å². The zero-order chi connectivity index (χ0) is 9.14. The Morgan fingerprint density at radius 3 is 2.67 bits per heavy atom. The van der Waals surface area contributed by atoms with E-state index in [0.29, 0.717) is 18.1 Å². The first-order valence-corrected chi connectivity index (χ1v) is 4.77. The molecule has 0 radical (unpaired) electrons. The van der Waals surface area contributed by atoms with E-state index in [4.69, 9.17) is 10.8 Å². The van der Waals surface area contributed by atoms with E-state index >= 15 is 0 Å². The molecule has 3 nitrogen and oxygen atoms in total. The van der Waals surface area contributed by atoms with E-state index in [-0.39, 0.29) is 6.61 Å². The summed E-state index contributed by atoms with van der Waals surface area (Å²) in [5.74, 6) is 0. The average molecular weight is 172 g/mol. The molecule has 3 heteroatoms. The van der Waals surface area contributed by atoms with Gasteiger partial charge in [-0.1, -0.05) is 0 Å². The Labute approximate surface area is 74.5 Å². The van der Waals surface area contributed by atoms with Gasteiger partial charge in [0.1, 0.15) is 0 Å². The highest BCUT2D eigenvalue weighted by atomic mass is 16.3. The minimum absolute atomic E-state index is 0.269. The van der Waals surface area contributed by atoms with Gasteiger partial charge in [0.25, 0.3) is 0 Å². The lowest BCUT2D eigenvalue weighted by Gasteiger charge is -2.40. The van der Waals surface area contributed by atoms with Gasteiger partial charge in [-0.2, -0.15) is 0 Å². The lowest BCUT2D eigenvalue weighted by atomic mass is 9.98. The molecule has 0 aromatic carbocycles. The third-order valence-corrected chi connectivity index (χ3v) is 2.66. The molecule has 0 bridgehead atoms. The van der Waals surface area contributed by atoms with Crippen LogP contribution in [-0.4, -0.2) is 41.3 Å². The highest BCUT2D eigenvalue weighted by molar-refractivity contribution is 4.84. The van der Waals surface area contributed by atoms with Crippen molar-refractivity contribution in [2.75, 3.05) is 13.2 Å². The Bertz CT molecular complexity index is 138. The van der Waals surface area contributed by atoms with Gasteiger partial charge in [-0.3, -0.25) is 4.90 Å². The molecule has 1 rings (SSSR count). The van der Waals surface area contributed by atoms with Crippen LogP contribution in [0, 0.1) is 0 Å². The van der Waals surface area contributed by atoms with Crippen LogP contribution in [0.5, 0.6) is 0 Å². The van der Waals surface area contributed by atoms with Crippen LogP contribution >= 0.6 is 0 Å². The summed E-state index contributed by atoms with van der Waals surface area (Å²) in [5, 5.41) is 9.11. The van der Waals surface area contributed by atoms with Crippen molar-refractivity contribution in [2.24, 2.45) is 5.73 Å². The van der Waals surface area contributed by atoms with Gasteiger partial charge in [-0.15, -0.1) is 0 Å². The molecule has 0 aromatic rings. The van der Waals surface area contributed by atoms with Crippen molar-refractivity contribution in [2.45, 2.75) is 44.8 Å². The van der Waals surface area contributed by atoms with E-state index in [0.717, 1.165) is 19.4 Å². The molecule has 0 unspecified atom stereocenters. The standard InChI is InChI=1S/C9H20N2O/c1-7(2)11-5-8(10)3-4-9(11)6-12/h7-9,12H,3-6,10H2,1-2H3/t8-,9-/m0/s1. The monoisotopic (exact) mass is 172 g/mol. The number of hydrogen-bond donors (Lipinski definition) is 2. The quantitative estimate of drug-likeness (QED) is 0.624. The number of rotatable bonds is 2. The van der Waals surface area contributed by atoms with E-state index in [2.05, 4.69) is 18.7 Å². The summed E-state index contributed by atoms with van der Waals surface area (Å²) < 4.78 is 0. The Morgan fingerprint density at radius 1 is 1.50 bits per heavy atom. The van der Waals surface area contributed by atoms with Gasteiger partial charge in [0.15, 0.2) is 0 Å². The molecule has 0 aromatic heterocycles. The van der Waals surface area contributed by atoms with Gasteiger partial charge in [0.05, 0.1) is 6.61 Å². The molecular formula is C9H20N2O. The normalized spacial score (nSPS) is 32.8. The molecule has 0 saturated carbocycles. The van der Waals surface area contributed by atoms with Crippen LogP contribution in [0.15, 0.2) is 0 Å². The minimum Gasteiger partial charge on any atom is -0.395 e. The summed E-state index contributed by atoms with van der Waals surface area (Å²) in [5.41, 5.74) is 5.86. The zero-order valence-electron chi connectivity index (χ0n) is 8.03. The van der Waals surface area contributed by atoms with Gasteiger partial charge < -0.3 is 10.8 Å². The lowest BCUT2D eigenvalue weighted by Crippen LogP contribution is -2.52. The summed E-state index contributed by atoms with van der Waals surface area (Å²) in [6.07, 6.45) is 2.09. The SMILES string of the molecule is CC(C)N1C[C@@H](N)CC[C@H]1CO. The van der Waals surface area contributed by atoms with Crippen LogP contribution in [0.1, 0.15) is 26.7 Å². The van der Waals surface area contributed by atoms with Crippen molar-refractivity contribution in [3.05, 3.63) is 0 Å². The summed E-state index contributed by atoms with van der Waals surface area (Å²) in [6.45, 7) is 5.51. The van der Waals surface area contributed by atoms with Crippen LogP contribution in [-0.2, 0) is 0 Å². The largest absolute Gasteiger partial charge is 0.395 e. The molecular weight excluding hydrogens is 152 g/mol. The zero-order valence-corrected chi connectivity index (χ0v) is 8.03. The molecule has 1 aliphatic heterocycles. The average Bonchev–Trinajstić information content (AvgIpc) is 2.04. The topological polar surface area (TPSA) is 49.5 Å². The maximum Gasteiger partial charge on any atom is 0.0587 e. The number of aliphatic hydroxyl groups is 1. The number of hydrogen-bond acceptors (Lipinski definition) is 3. The summed E-state index contributed by atoms with van der Waals surface area (Å²) in [4.78, 5) is 2.30. The molecule has 1 fully saturated rings. The maximum absolute atomic E-state index is 9.11. The second-order valence-electron chi connectivity index (χ2n) is 3.96. The number of aliphatic hydroxyl groups excluding tert-OH is 1. The molecule has 1 saturated heterocycles. The van der Waals surface area contributed by atoms with E-state index in [1.54, 1.807) is 0 Å². The van der Waals surface area contributed by atoms with Gasteiger partial charge in [0, 0.05) is 24.7 Å². The summed E-state index contributed by atoms with van der Waals surface area (Å²) in [6, 6.07) is 1.13. The fourth-order valence-electron chi connectivity index (χ4n) is 1.91. The van der Waals surface area contributed by atoms with Crippen LogP contribution in [0.3, 0.4) is 0 Å². The first-order chi connectivity index (χ1) is 5.65. The highest BCUT2D eigenvalue weighted by Gasteiger charge is 2.27. The van der Waals surface area contributed by atoms with E-state index < -0.39 is 0 Å². The molecule has 1 heterocycles. The first kappa shape index (κ1) is 9.96. The van der Waals surface area contributed by atoms with Gasteiger partial charge >= 0.3 is 0 Å².